The molecule has 2 aromatic rings. The lowest BCUT2D eigenvalue weighted by atomic mass is 9.97. The van der Waals surface area contributed by atoms with E-state index in [0.717, 1.165) is 32.5 Å². The van der Waals surface area contributed by atoms with E-state index in [9.17, 15) is 9.90 Å². The molecule has 0 bridgehead atoms. The van der Waals surface area contributed by atoms with Gasteiger partial charge in [0.1, 0.15) is 0 Å². The zero-order chi connectivity index (χ0) is 17.5. The molecule has 0 aliphatic carbocycles. The zero-order valence-corrected chi connectivity index (χ0v) is 14.5. The van der Waals surface area contributed by atoms with Gasteiger partial charge < -0.3 is 10.4 Å². The largest absolute Gasteiger partial charge is 0.378 e. The van der Waals surface area contributed by atoms with Gasteiger partial charge in [0.2, 0.25) is 0 Å². The van der Waals surface area contributed by atoms with Crippen LogP contribution in [0, 0.1) is 5.92 Å². The number of nitrogens with one attached hydrogen (secondary N) is 1. The van der Waals surface area contributed by atoms with Crippen LogP contribution in [0.3, 0.4) is 0 Å². The third-order valence-electron chi connectivity index (χ3n) is 4.78. The molecule has 4 heteroatoms. The van der Waals surface area contributed by atoms with Crippen LogP contribution < -0.4 is 5.32 Å². The lowest BCUT2D eigenvalue weighted by Crippen LogP contribution is -2.41. The monoisotopic (exact) mass is 338 g/mol. The number of carbonyl (C=O) groups is 1. The highest BCUT2D eigenvalue weighted by Gasteiger charge is 2.22. The molecule has 0 radical (unpaired) electrons. The Morgan fingerprint density at radius 3 is 2.52 bits per heavy atom. The van der Waals surface area contributed by atoms with Gasteiger partial charge >= 0.3 is 0 Å². The summed E-state index contributed by atoms with van der Waals surface area (Å²) in [6, 6.07) is 19.6. The van der Waals surface area contributed by atoms with Gasteiger partial charge in [-0.15, -0.1) is 0 Å². The molecule has 1 aliphatic rings. The molecule has 0 unspecified atom stereocenters. The van der Waals surface area contributed by atoms with Crippen LogP contribution in [0.25, 0.3) is 0 Å². The minimum absolute atomic E-state index is 0.314. The molecule has 3 rings (SSSR count). The normalized spacial score (nSPS) is 19.3. The molecule has 1 saturated heterocycles. The summed E-state index contributed by atoms with van der Waals surface area (Å²) in [7, 11) is 0. The van der Waals surface area contributed by atoms with Crippen molar-refractivity contribution in [2.45, 2.75) is 25.5 Å². The number of likely N-dealkylation sites (tertiary alicyclic amines) is 1. The Bertz CT molecular complexity index is 660. The maximum absolute atomic E-state index is 12.2. The highest BCUT2D eigenvalue weighted by molar-refractivity contribution is 5.81. The first-order valence-electron chi connectivity index (χ1n) is 8.99. The second-order valence-electron chi connectivity index (χ2n) is 6.79. The Kier molecular flexibility index (Phi) is 6.20. The van der Waals surface area contributed by atoms with Crippen molar-refractivity contribution in [1.82, 2.24) is 10.2 Å². The highest BCUT2D eigenvalue weighted by atomic mass is 16.3. The van der Waals surface area contributed by atoms with Crippen LogP contribution in [0.1, 0.15) is 30.1 Å². The average Bonchev–Trinajstić information content (AvgIpc) is 2.67. The fraction of sp³-hybridized carbons (Fsp3) is 0.381. The molecule has 1 heterocycles. The van der Waals surface area contributed by atoms with Gasteiger partial charge in [0.25, 0.3) is 5.91 Å². The third kappa shape index (κ3) is 5.15. The molecular weight excluding hydrogens is 312 g/mol. The van der Waals surface area contributed by atoms with Crippen LogP contribution in [-0.4, -0.2) is 35.5 Å². The minimum Gasteiger partial charge on any atom is -0.378 e. The molecule has 132 valence electrons. The fourth-order valence-electron chi connectivity index (χ4n) is 3.43. The zero-order valence-electron chi connectivity index (χ0n) is 14.5. The second kappa shape index (κ2) is 8.79. The van der Waals surface area contributed by atoms with Crippen LogP contribution in [-0.2, 0) is 11.3 Å². The van der Waals surface area contributed by atoms with E-state index in [1.165, 1.54) is 5.56 Å². The molecular formula is C21H26N2O2. The van der Waals surface area contributed by atoms with Gasteiger partial charge in [0.15, 0.2) is 6.10 Å². The van der Waals surface area contributed by atoms with Crippen LogP contribution >= 0.6 is 0 Å². The first kappa shape index (κ1) is 17.6. The highest BCUT2D eigenvalue weighted by Crippen LogP contribution is 2.19. The summed E-state index contributed by atoms with van der Waals surface area (Å²) in [4.78, 5) is 14.6. The van der Waals surface area contributed by atoms with Crippen molar-refractivity contribution in [2.75, 3.05) is 19.6 Å². The SMILES string of the molecule is O=C(NC[C@H]1CCCN(Cc2ccccc2)C1)[C@@H](O)c1ccccc1. The molecule has 2 N–H and O–H groups in total. The number of rotatable bonds is 6. The topological polar surface area (TPSA) is 52.6 Å². The summed E-state index contributed by atoms with van der Waals surface area (Å²) < 4.78 is 0. The van der Waals surface area contributed by atoms with Crippen LogP contribution in [0.15, 0.2) is 60.7 Å². The van der Waals surface area contributed by atoms with Crippen molar-refractivity contribution in [3.05, 3.63) is 71.8 Å². The van der Waals surface area contributed by atoms with Gasteiger partial charge in [0.05, 0.1) is 0 Å². The van der Waals surface area contributed by atoms with E-state index in [1.807, 2.05) is 24.3 Å². The number of amides is 1. The minimum atomic E-state index is -1.09. The second-order valence-corrected chi connectivity index (χ2v) is 6.79. The first-order chi connectivity index (χ1) is 12.2. The van der Waals surface area contributed by atoms with Gasteiger partial charge in [-0.05, 0) is 36.4 Å². The van der Waals surface area contributed by atoms with Crippen LogP contribution in [0.4, 0.5) is 0 Å². The smallest absolute Gasteiger partial charge is 0.253 e. The molecule has 0 saturated carbocycles. The molecule has 0 spiro atoms. The van der Waals surface area contributed by atoms with Crippen molar-refractivity contribution in [3.8, 4) is 0 Å². The van der Waals surface area contributed by atoms with Crippen molar-refractivity contribution >= 4 is 5.91 Å². The summed E-state index contributed by atoms with van der Waals surface area (Å²) in [5.41, 5.74) is 1.96. The Labute approximate surface area is 149 Å². The van der Waals surface area contributed by atoms with Crippen molar-refractivity contribution in [2.24, 2.45) is 5.92 Å². The number of aliphatic hydroxyl groups excluding tert-OH is 1. The maximum atomic E-state index is 12.2. The van der Waals surface area contributed by atoms with Gasteiger partial charge in [-0.3, -0.25) is 9.69 Å². The summed E-state index contributed by atoms with van der Waals surface area (Å²) >= 11 is 0. The number of carbonyl (C=O) groups excluding carboxylic acids is 1. The Morgan fingerprint density at radius 2 is 1.80 bits per heavy atom. The quantitative estimate of drug-likeness (QED) is 0.851. The fourth-order valence-corrected chi connectivity index (χ4v) is 3.43. The number of aliphatic hydroxyl groups is 1. The third-order valence-corrected chi connectivity index (χ3v) is 4.78. The van der Waals surface area contributed by atoms with Gasteiger partial charge in [0, 0.05) is 19.6 Å². The molecule has 2 aromatic carbocycles. The summed E-state index contributed by atoms with van der Waals surface area (Å²) in [6.45, 7) is 3.66. The number of hydrogen-bond acceptors (Lipinski definition) is 3. The Morgan fingerprint density at radius 1 is 1.12 bits per heavy atom. The van der Waals surface area contributed by atoms with Crippen molar-refractivity contribution in [3.63, 3.8) is 0 Å². The molecule has 4 nitrogen and oxygen atoms in total. The molecule has 1 amide bonds. The number of benzene rings is 2. The molecule has 1 aliphatic heterocycles. The Hall–Kier alpha value is -2.17. The summed E-state index contributed by atoms with van der Waals surface area (Å²) in [6.07, 6.45) is 1.17. The van der Waals surface area contributed by atoms with E-state index >= 15 is 0 Å². The molecule has 1 fully saturated rings. The molecule has 0 aromatic heterocycles. The number of piperidine rings is 1. The van der Waals surface area contributed by atoms with Gasteiger partial charge in [-0.25, -0.2) is 0 Å². The lowest BCUT2D eigenvalue weighted by Gasteiger charge is -2.33. The average molecular weight is 338 g/mol. The first-order valence-corrected chi connectivity index (χ1v) is 8.99. The standard InChI is InChI=1S/C21H26N2O2/c24-20(19-11-5-2-6-12-19)21(25)22-14-18-10-7-13-23(16-18)15-17-8-3-1-4-9-17/h1-6,8-9,11-12,18,20,24H,7,10,13-16H2,(H,22,25)/t18-,20+/m1/s1. The van der Waals surface area contributed by atoms with Crippen molar-refractivity contribution in [1.29, 1.82) is 0 Å². The van der Waals surface area contributed by atoms with E-state index in [-0.39, 0.29) is 5.91 Å². The van der Waals surface area contributed by atoms with Crippen LogP contribution in [0.5, 0.6) is 0 Å². The van der Waals surface area contributed by atoms with Crippen molar-refractivity contribution < 1.29 is 9.90 Å². The van der Waals surface area contributed by atoms with E-state index in [1.54, 1.807) is 12.1 Å². The van der Waals surface area contributed by atoms with E-state index < -0.39 is 6.10 Å². The van der Waals surface area contributed by atoms with E-state index in [0.29, 0.717) is 18.0 Å². The van der Waals surface area contributed by atoms with Crippen LogP contribution in [0.2, 0.25) is 0 Å². The van der Waals surface area contributed by atoms with Gasteiger partial charge in [-0.1, -0.05) is 60.7 Å². The molecule has 25 heavy (non-hydrogen) atoms. The van der Waals surface area contributed by atoms with E-state index in [4.69, 9.17) is 0 Å². The van der Waals surface area contributed by atoms with E-state index in [2.05, 4.69) is 34.5 Å². The van der Waals surface area contributed by atoms with Gasteiger partial charge in [-0.2, -0.15) is 0 Å². The molecule has 2 atom stereocenters. The summed E-state index contributed by atoms with van der Waals surface area (Å²) in [5.74, 6) is 0.121. The predicted molar refractivity (Wildman–Crippen MR) is 98.9 cm³/mol. The summed E-state index contributed by atoms with van der Waals surface area (Å²) in [5, 5.41) is 13.1. The Balaban J connectivity index is 1.47. The maximum Gasteiger partial charge on any atom is 0.253 e. The number of hydrogen-bond donors (Lipinski definition) is 2. The predicted octanol–water partition coefficient (Wildman–Crippen LogP) is 2.75. The lowest BCUT2D eigenvalue weighted by molar-refractivity contribution is -0.129. The number of nitrogens with zero attached hydrogens (tertiary/aromatic N) is 1.